The molecule has 36 heavy (non-hydrogen) atoms. The normalized spacial score (nSPS) is 14.5. The zero-order valence-corrected chi connectivity index (χ0v) is 20.8. The molecule has 2 heterocycles. The highest BCUT2D eigenvalue weighted by Gasteiger charge is 2.17. The Hall–Kier alpha value is -2.99. The van der Waals surface area contributed by atoms with E-state index in [2.05, 4.69) is 9.71 Å². The number of pyridine rings is 1. The number of rotatable bonds is 9. The van der Waals surface area contributed by atoms with Crippen LogP contribution in [0.1, 0.15) is 5.56 Å². The van der Waals surface area contributed by atoms with E-state index in [0.29, 0.717) is 49.7 Å². The van der Waals surface area contributed by atoms with Gasteiger partial charge in [0.25, 0.3) is 0 Å². The van der Waals surface area contributed by atoms with Crippen molar-refractivity contribution >= 4 is 33.1 Å². The summed E-state index contributed by atoms with van der Waals surface area (Å²) in [7, 11) is -3.57. The Morgan fingerprint density at radius 1 is 1.11 bits per heavy atom. The van der Waals surface area contributed by atoms with E-state index in [1.165, 1.54) is 6.20 Å². The van der Waals surface area contributed by atoms with E-state index in [4.69, 9.17) is 26.8 Å². The van der Waals surface area contributed by atoms with E-state index >= 15 is 0 Å². The van der Waals surface area contributed by atoms with Gasteiger partial charge in [-0.3, -0.25) is 9.62 Å². The minimum absolute atomic E-state index is 0.0438. The van der Waals surface area contributed by atoms with Crippen molar-refractivity contribution in [3.05, 3.63) is 70.9 Å². The molecule has 1 aromatic heterocycles. The van der Waals surface area contributed by atoms with Crippen LogP contribution in [0.5, 0.6) is 5.75 Å². The number of ether oxygens (including phenoxy) is 2. The number of hydrogen-bond donors (Lipinski definition) is 2. The third-order valence-electron chi connectivity index (χ3n) is 5.64. The van der Waals surface area contributed by atoms with Gasteiger partial charge in [0.1, 0.15) is 18.2 Å². The minimum Gasteiger partial charge on any atom is -0.485 e. The summed E-state index contributed by atoms with van der Waals surface area (Å²) in [6.45, 7) is 2.66. The number of aromatic nitrogens is 1. The number of sulfonamides is 1. The molecule has 1 fully saturated rings. The van der Waals surface area contributed by atoms with Gasteiger partial charge in [0.2, 0.25) is 10.0 Å². The summed E-state index contributed by atoms with van der Waals surface area (Å²) in [5, 5.41) is -0.369. The van der Waals surface area contributed by atoms with Crippen LogP contribution < -0.4 is 15.2 Å². The molecule has 0 amide bonds. The van der Waals surface area contributed by atoms with E-state index < -0.39 is 21.7 Å². The maximum absolute atomic E-state index is 14.1. The lowest BCUT2D eigenvalue weighted by Crippen LogP contribution is -2.39. The minimum atomic E-state index is -3.57. The molecule has 2 aromatic carbocycles. The quantitative estimate of drug-likeness (QED) is 0.398. The van der Waals surface area contributed by atoms with Crippen molar-refractivity contribution in [2.75, 3.05) is 49.1 Å². The van der Waals surface area contributed by atoms with E-state index in [1.807, 2.05) is 4.90 Å². The van der Waals surface area contributed by atoms with Crippen molar-refractivity contribution in [2.45, 2.75) is 6.61 Å². The van der Waals surface area contributed by atoms with Gasteiger partial charge in [0.15, 0.2) is 11.6 Å². The van der Waals surface area contributed by atoms with Crippen molar-refractivity contribution in [1.82, 2.24) is 9.88 Å². The van der Waals surface area contributed by atoms with Gasteiger partial charge in [-0.15, -0.1) is 0 Å². The Bertz CT molecular complexity index is 1340. The second-order valence-electron chi connectivity index (χ2n) is 8.17. The highest BCUT2D eigenvalue weighted by Crippen LogP contribution is 2.31. The Labute approximate surface area is 213 Å². The Morgan fingerprint density at radius 3 is 2.64 bits per heavy atom. The third kappa shape index (κ3) is 6.61. The lowest BCUT2D eigenvalue weighted by molar-refractivity contribution is 0.0408. The molecule has 0 atom stereocenters. The molecule has 12 heteroatoms. The molecule has 1 saturated heterocycles. The number of morpholine rings is 1. The van der Waals surface area contributed by atoms with Gasteiger partial charge in [-0.1, -0.05) is 23.7 Å². The fourth-order valence-electron chi connectivity index (χ4n) is 3.65. The first-order valence-corrected chi connectivity index (χ1v) is 13.2. The smallest absolute Gasteiger partial charge is 0.233 e. The Balaban J connectivity index is 1.46. The number of nitrogens with two attached hydrogens (primary N) is 1. The standard InChI is InChI=1S/C24H25ClF2N4O4S/c25-23-19(20(26)4-5-21(23)27)15-35-22-13-17(14-29-24(22)28)16-2-1-3-18(12-16)30-36(32,33)11-8-31-6-9-34-10-7-31/h1-5,12-14,30H,6-11,15H2,(H2,28,29). The fourth-order valence-corrected chi connectivity index (χ4v) is 4.94. The fraction of sp³-hybridized carbons (Fsp3) is 0.292. The number of halogens is 3. The lowest BCUT2D eigenvalue weighted by Gasteiger charge is -2.26. The Kier molecular flexibility index (Phi) is 8.24. The summed E-state index contributed by atoms with van der Waals surface area (Å²) in [6, 6.07) is 10.3. The number of anilines is 2. The van der Waals surface area contributed by atoms with E-state index in [0.717, 1.165) is 12.1 Å². The predicted octanol–water partition coefficient (Wildman–Crippen LogP) is 3.92. The first kappa shape index (κ1) is 26.1. The molecule has 0 radical (unpaired) electrons. The topological polar surface area (TPSA) is 107 Å². The molecule has 3 aromatic rings. The van der Waals surface area contributed by atoms with E-state index in [-0.39, 0.29) is 34.5 Å². The molecular formula is C24H25ClF2N4O4S. The second-order valence-corrected chi connectivity index (χ2v) is 10.4. The van der Waals surface area contributed by atoms with Crippen molar-refractivity contribution < 1.29 is 26.7 Å². The number of nitrogen functional groups attached to an aromatic ring is 1. The summed E-state index contributed by atoms with van der Waals surface area (Å²) < 4.78 is 66.5. The second kappa shape index (κ2) is 11.4. The first-order valence-electron chi connectivity index (χ1n) is 11.1. The van der Waals surface area contributed by atoms with Gasteiger partial charge in [-0.25, -0.2) is 22.2 Å². The van der Waals surface area contributed by atoms with Crippen molar-refractivity contribution in [3.8, 4) is 16.9 Å². The van der Waals surface area contributed by atoms with Crippen molar-refractivity contribution in [1.29, 1.82) is 0 Å². The molecule has 0 aliphatic carbocycles. The van der Waals surface area contributed by atoms with Crippen LogP contribution in [0.25, 0.3) is 11.1 Å². The summed E-state index contributed by atoms with van der Waals surface area (Å²) in [6.07, 6.45) is 1.50. The molecule has 3 N–H and O–H groups in total. The van der Waals surface area contributed by atoms with Gasteiger partial charge < -0.3 is 15.2 Å². The third-order valence-corrected chi connectivity index (χ3v) is 7.32. The van der Waals surface area contributed by atoms with Crippen LogP contribution >= 0.6 is 11.6 Å². The van der Waals surface area contributed by atoms with Crippen LogP contribution in [0.2, 0.25) is 5.02 Å². The number of nitrogens with one attached hydrogen (secondary N) is 1. The summed E-state index contributed by atoms with van der Waals surface area (Å²) in [4.78, 5) is 6.16. The highest BCUT2D eigenvalue weighted by atomic mass is 35.5. The maximum Gasteiger partial charge on any atom is 0.233 e. The summed E-state index contributed by atoms with van der Waals surface area (Å²) >= 11 is 5.86. The molecule has 1 aliphatic heterocycles. The van der Waals surface area contributed by atoms with Gasteiger partial charge in [0, 0.05) is 42.6 Å². The molecule has 1 aliphatic rings. The zero-order valence-electron chi connectivity index (χ0n) is 19.2. The largest absolute Gasteiger partial charge is 0.485 e. The van der Waals surface area contributed by atoms with Gasteiger partial charge in [0.05, 0.1) is 24.0 Å². The maximum atomic E-state index is 14.1. The van der Waals surface area contributed by atoms with Crippen molar-refractivity contribution in [3.63, 3.8) is 0 Å². The molecular weight excluding hydrogens is 514 g/mol. The highest BCUT2D eigenvalue weighted by molar-refractivity contribution is 7.92. The molecule has 0 saturated carbocycles. The van der Waals surface area contributed by atoms with Crippen LogP contribution in [-0.2, 0) is 21.4 Å². The van der Waals surface area contributed by atoms with E-state index in [9.17, 15) is 17.2 Å². The summed E-state index contributed by atoms with van der Waals surface area (Å²) in [5.41, 5.74) is 7.38. The summed E-state index contributed by atoms with van der Waals surface area (Å²) in [5.74, 6) is -1.33. The van der Waals surface area contributed by atoms with Crippen LogP contribution in [0.4, 0.5) is 20.3 Å². The average molecular weight is 539 g/mol. The number of hydrogen-bond acceptors (Lipinski definition) is 7. The number of nitrogens with zero attached hydrogens (tertiary/aromatic N) is 2. The van der Waals surface area contributed by atoms with Crippen LogP contribution in [0.15, 0.2) is 48.7 Å². The molecule has 8 nitrogen and oxygen atoms in total. The first-order chi connectivity index (χ1) is 17.2. The van der Waals surface area contributed by atoms with Crippen LogP contribution in [0, 0.1) is 11.6 Å². The zero-order chi connectivity index (χ0) is 25.7. The molecule has 0 spiro atoms. The van der Waals surface area contributed by atoms with Crippen molar-refractivity contribution in [2.24, 2.45) is 0 Å². The Morgan fingerprint density at radius 2 is 1.86 bits per heavy atom. The van der Waals surface area contributed by atoms with Crippen LogP contribution in [0.3, 0.4) is 0 Å². The van der Waals surface area contributed by atoms with Crippen LogP contribution in [-0.4, -0.2) is 56.9 Å². The average Bonchev–Trinajstić information content (AvgIpc) is 2.87. The van der Waals surface area contributed by atoms with Gasteiger partial charge in [-0.05, 0) is 35.9 Å². The van der Waals surface area contributed by atoms with Gasteiger partial charge in [-0.2, -0.15) is 0 Å². The lowest BCUT2D eigenvalue weighted by atomic mass is 10.1. The monoisotopic (exact) mass is 538 g/mol. The predicted molar refractivity (Wildman–Crippen MR) is 134 cm³/mol. The molecule has 0 bridgehead atoms. The van der Waals surface area contributed by atoms with E-state index in [1.54, 1.807) is 30.3 Å². The van der Waals surface area contributed by atoms with Gasteiger partial charge >= 0.3 is 0 Å². The SMILES string of the molecule is Nc1ncc(-c2cccc(NS(=O)(=O)CCN3CCOCC3)c2)cc1OCc1c(F)ccc(F)c1Cl. The molecule has 4 rings (SSSR count). The molecule has 192 valence electrons. The number of benzene rings is 2. The molecule has 0 unspecified atom stereocenters.